The van der Waals surface area contributed by atoms with Crippen LogP contribution < -0.4 is 5.32 Å². The van der Waals surface area contributed by atoms with Crippen LogP contribution in [0.5, 0.6) is 0 Å². The minimum atomic E-state index is -0.846. The number of carbonyl (C=O) groups is 2. The van der Waals surface area contributed by atoms with Crippen LogP contribution in [-0.2, 0) is 14.3 Å². The lowest BCUT2D eigenvalue weighted by Gasteiger charge is -2.20. The highest BCUT2D eigenvalue weighted by atomic mass is 16.5. The van der Waals surface area contributed by atoms with Gasteiger partial charge in [-0.25, -0.2) is 0 Å². The fourth-order valence-corrected chi connectivity index (χ4v) is 10.4. The quantitative estimate of drug-likeness (QED) is 0.0320. The third-order valence-electron chi connectivity index (χ3n) is 15.5. The van der Waals surface area contributed by atoms with Crippen LogP contribution in [-0.4, -0.2) is 47.4 Å². The van der Waals surface area contributed by atoms with Crippen molar-refractivity contribution in [3.8, 4) is 0 Å². The van der Waals surface area contributed by atoms with Crippen molar-refractivity contribution in [2.45, 2.75) is 379 Å². The number of esters is 1. The van der Waals surface area contributed by atoms with E-state index in [1.165, 1.54) is 295 Å². The molecule has 0 fully saturated rings. The zero-order chi connectivity index (χ0) is 52.9. The maximum absolute atomic E-state index is 12.5. The molecule has 0 aliphatic carbocycles. The van der Waals surface area contributed by atoms with E-state index in [1.807, 2.05) is 6.08 Å². The molecule has 0 spiro atoms. The summed E-state index contributed by atoms with van der Waals surface area (Å²) in [6, 6.07) is -0.630. The van der Waals surface area contributed by atoms with Crippen molar-refractivity contribution in [2.24, 2.45) is 0 Å². The van der Waals surface area contributed by atoms with Gasteiger partial charge in [0.05, 0.1) is 25.4 Å². The molecule has 432 valence electrons. The number of unbranched alkanes of at least 4 members (excludes halogenated alkanes) is 49. The van der Waals surface area contributed by atoms with Crippen LogP contribution in [0.1, 0.15) is 367 Å². The van der Waals surface area contributed by atoms with Gasteiger partial charge in [-0.05, 0) is 57.8 Å². The average Bonchev–Trinajstić information content (AvgIpc) is 3.39. The third-order valence-corrected chi connectivity index (χ3v) is 15.5. The molecule has 0 bridgehead atoms. The van der Waals surface area contributed by atoms with Gasteiger partial charge in [0.25, 0.3) is 0 Å². The highest BCUT2D eigenvalue weighted by Crippen LogP contribution is 2.18. The van der Waals surface area contributed by atoms with Crippen molar-refractivity contribution in [3.05, 3.63) is 24.3 Å². The van der Waals surface area contributed by atoms with Gasteiger partial charge in [-0.15, -0.1) is 0 Å². The second-order valence-corrected chi connectivity index (χ2v) is 22.8. The van der Waals surface area contributed by atoms with E-state index in [2.05, 4.69) is 31.3 Å². The molecule has 0 rings (SSSR count). The van der Waals surface area contributed by atoms with Gasteiger partial charge in [0.15, 0.2) is 0 Å². The molecule has 3 N–H and O–H groups in total. The fraction of sp³-hybridized carbons (Fsp3) is 0.910. The van der Waals surface area contributed by atoms with E-state index in [-0.39, 0.29) is 18.5 Å². The highest BCUT2D eigenvalue weighted by Gasteiger charge is 2.18. The van der Waals surface area contributed by atoms with Gasteiger partial charge in [-0.3, -0.25) is 9.59 Å². The number of hydrogen-bond donors (Lipinski definition) is 3. The van der Waals surface area contributed by atoms with E-state index < -0.39 is 12.1 Å². The first-order valence-electron chi connectivity index (χ1n) is 33.1. The van der Waals surface area contributed by atoms with Crippen LogP contribution >= 0.6 is 0 Å². The summed E-state index contributed by atoms with van der Waals surface area (Å²) in [7, 11) is 0. The van der Waals surface area contributed by atoms with Gasteiger partial charge in [0.1, 0.15) is 0 Å². The lowest BCUT2D eigenvalue weighted by Crippen LogP contribution is -2.45. The van der Waals surface area contributed by atoms with E-state index in [0.717, 1.165) is 44.9 Å². The molecule has 0 aliphatic heterocycles. The van der Waals surface area contributed by atoms with Gasteiger partial charge in [-0.1, -0.05) is 321 Å². The van der Waals surface area contributed by atoms with Crippen LogP contribution in [0.4, 0.5) is 0 Å². The summed E-state index contributed by atoms with van der Waals surface area (Å²) in [6.07, 6.45) is 78.0. The number of allylic oxidation sites excluding steroid dienone is 3. The molecule has 0 aliphatic rings. The minimum Gasteiger partial charge on any atom is -0.466 e. The first-order valence-corrected chi connectivity index (χ1v) is 33.1. The van der Waals surface area contributed by atoms with Crippen molar-refractivity contribution >= 4 is 11.9 Å². The Morgan fingerprint density at radius 3 is 0.973 bits per heavy atom. The molecule has 1 amide bonds. The first kappa shape index (κ1) is 71.3. The number of carbonyl (C=O) groups excluding carboxylic acids is 2. The predicted octanol–water partition coefficient (Wildman–Crippen LogP) is 21.0. The monoisotopic (exact) mass is 1030 g/mol. The lowest BCUT2D eigenvalue weighted by atomic mass is 10.0. The largest absolute Gasteiger partial charge is 0.466 e. The molecule has 6 heteroatoms. The standard InChI is InChI=1S/C67H129NO5/c1-3-5-7-9-11-13-15-17-19-21-27-31-35-39-43-47-51-55-59-65(70)64(63-69)68-66(71)60-56-52-48-44-40-36-32-28-25-23-24-26-30-34-38-42-46-50-54-58-62-73-67(72)61-57-53-49-45-41-37-33-29-22-20-18-16-14-12-10-8-6-4-2/h20,22,55,59,64-65,69-70H,3-19,21,23-54,56-58,60-63H2,1-2H3,(H,68,71)/b22-20-,59-55+. The van der Waals surface area contributed by atoms with Crippen LogP contribution in [0.3, 0.4) is 0 Å². The Kier molecular flexibility index (Phi) is 61.4. The summed E-state index contributed by atoms with van der Waals surface area (Å²) in [5.74, 6) is -0.0592. The van der Waals surface area contributed by atoms with Gasteiger partial charge in [0, 0.05) is 12.8 Å². The second-order valence-electron chi connectivity index (χ2n) is 22.8. The van der Waals surface area contributed by atoms with Gasteiger partial charge in [-0.2, -0.15) is 0 Å². The molecule has 0 aromatic rings. The topological polar surface area (TPSA) is 95.9 Å². The Labute approximate surface area is 456 Å². The molecule has 0 saturated heterocycles. The number of rotatable bonds is 62. The molecule has 2 unspecified atom stereocenters. The van der Waals surface area contributed by atoms with E-state index >= 15 is 0 Å². The van der Waals surface area contributed by atoms with Crippen LogP contribution in [0.25, 0.3) is 0 Å². The lowest BCUT2D eigenvalue weighted by molar-refractivity contribution is -0.143. The molecule has 0 saturated carbocycles. The molecule has 6 nitrogen and oxygen atoms in total. The predicted molar refractivity (Wildman–Crippen MR) is 320 cm³/mol. The van der Waals surface area contributed by atoms with Crippen molar-refractivity contribution < 1.29 is 24.5 Å². The summed E-state index contributed by atoms with van der Waals surface area (Å²) in [6.45, 7) is 4.93. The zero-order valence-corrected chi connectivity index (χ0v) is 49.4. The van der Waals surface area contributed by atoms with Crippen LogP contribution in [0.15, 0.2) is 24.3 Å². The first-order chi connectivity index (χ1) is 36.0. The van der Waals surface area contributed by atoms with Gasteiger partial charge in [0.2, 0.25) is 5.91 Å². The normalized spacial score (nSPS) is 12.7. The van der Waals surface area contributed by atoms with Gasteiger partial charge < -0.3 is 20.3 Å². The Hall–Kier alpha value is -1.66. The van der Waals surface area contributed by atoms with Crippen molar-refractivity contribution in [3.63, 3.8) is 0 Å². The fourth-order valence-electron chi connectivity index (χ4n) is 10.4. The molecule has 73 heavy (non-hydrogen) atoms. The van der Waals surface area contributed by atoms with Crippen molar-refractivity contribution in [1.82, 2.24) is 5.32 Å². The molecule has 0 aromatic heterocycles. The summed E-state index contributed by atoms with van der Waals surface area (Å²) >= 11 is 0. The molecule has 0 heterocycles. The molecule has 2 atom stereocenters. The summed E-state index contributed by atoms with van der Waals surface area (Å²) < 4.78 is 5.50. The number of hydrogen-bond acceptors (Lipinski definition) is 5. The summed E-state index contributed by atoms with van der Waals surface area (Å²) in [4.78, 5) is 24.6. The summed E-state index contributed by atoms with van der Waals surface area (Å²) in [5.41, 5.74) is 0. The molecule has 0 aromatic carbocycles. The van der Waals surface area contributed by atoms with E-state index in [9.17, 15) is 19.8 Å². The number of aliphatic hydroxyl groups is 2. The highest BCUT2D eigenvalue weighted by molar-refractivity contribution is 5.76. The SMILES string of the molecule is CCCCCCCCC/C=C\CCCCCCCCCC(=O)OCCCCCCCCCCCCCCCCCCCCCCC(=O)NC(CO)C(O)/C=C/CCCCCCCCCCCCCCCCCC. The minimum absolute atomic E-state index is 0.00773. The van der Waals surface area contributed by atoms with Crippen LogP contribution in [0, 0.1) is 0 Å². The van der Waals surface area contributed by atoms with Crippen molar-refractivity contribution in [1.29, 1.82) is 0 Å². The Balaban J connectivity index is 3.40. The van der Waals surface area contributed by atoms with E-state index in [1.54, 1.807) is 6.08 Å². The third kappa shape index (κ3) is 59.4. The zero-order valence-electron chi connectivity index (χ0n) is 49.4. The Morgan fingerprint density at radius 2 is 0.644 bits per heavy atom. The number of amides is 1. The van der Waals surface area contributed by atoms with Crippen LogP contribution in [0.2, 0.25) is 0 Å². The molecular formula is C67H129NO5. The Morgan fingerprint density at radius 1 is 0.370 bits per heavy atom. The smallest absolute Gasteiger partial charge is 0.305 e. The maximum Gasteiger partial charge on any atom is 0.305 e. The number of ether oxygens (including phenoxy) is 1. The number of aliphatic hydroxyl groups excluding tert-OH is 2. The van der Waals surface area contributed by atoms with E-state index in [0.29, 0.717) is 19.4 Å². The number of nitrogens with one attached hydrogen (secondary N) is 1. The average molecular weight is 1030 g/mol. The Bertz CT molecular complexity index is 1140. The molecule has 0 radical (unpaired) electrons. The maximum atomic E-state index is 12.5. The van der Waals surface area contributed by atoms with Gasteiger partial charge >= 0.3 is 5.97 Å². The van der Waals surface area contributed by atoms with E-state index in [4.69, 9.17) is 4.74 Å². The molecular weight excluding hydrogens is 899 g/mol. The summed E-state index contributed by atoms with van der Waals surface area (Å²) in [5, 5.41) is 23.2. The van der Waals surface area contributed by atoms with Crippen molar-refractivity contribution in [2.75, 3.05) is 13.2 Å². The second kappa shape index (κ2) is 62.9.